The lowest BCUT2D eigenvalue weighted by atomic mass is 10.2. The molecule has 1 aliphatic rings. The van der Waals surface area contributed by atoms with E-state index in [0.717, 1.165) is 13.0 Å². The molecule has 1 saturated carbocycles. The molecule has 0 amide bonds. The summed E-state index contributed by atoms with van der Waals surface area (Å²) in [5, 5.41) is 3.29. The third-order valence-electron chi connectivity index (χ3n) is 3.23. The van der Waals surface area contributed by atoms with Crippen molar-refractivity contribution in [3.8, 4) is 0 Å². The largest absolute Gasteiger partial charge is 0.370 e. The van der Waals surface area contributed by atoms with Gasteiger partial charge in [0.1, 0.15) is 0 Å². The van der Waals surface area contributed by atoms with Gasteiger partial charge in [-0.2, -0.15) is 0 Å². The summed E-state index contributed by atoms with van der Waals surface area (Å²) in [4.78, 5) is 4.37. The van der Waals surface area contributed by atoms with Crippen LogP contribution in [0, 0.1) is 0 Å². The molecule has 0 saturated heterocycles. The molecule has 0 radical (unpaired) electrons. The van der Waals surface area contributed by atoms with Crippen molar-refractivity contribution in [1.82, 2.24) is 5.32 Å². The zero-order valence-corrected chi connectivity index (χ0v) is 10.2. The zero-order chi connectivity index (χ0) is 11.9. The highest BCUT2D eigenvalue weighted by Gasteiger charge is 2.14. The lowest BCUT2D eigenvalue weighted by Crippen LogP contribution is -2.38. The van der Waals surface area contributed by atoms with E-state index >= 15 is 0 Å². The molecule has 0 aliphatic heterocycles. The fourth-order valence-electron chi connectivity index (χ4n) is 2.28. The van der Waals surface area contributed by atoms with Crippen LogP contribution < -0.4 is 11.1 Å². The highest BCUT2D eigenvalue weighted by Crippen LogP contribution is 2.17. The predicted molar refractivity (Wildman–Crippen MR) is 72.0 cm³/mol. The van der Waals surface area contributed by atoms with Gasteiger partial charge < -0.3 is 11.1 Å². The van der Waals surface area contributed by atoms with E-state index in [0.29, 0.717) is 12.0 Å². The molecule has 1 aromatic carbocycles. The summed E-state index contributed by atoms with van der Waals surface area (Å²) in [5.41, 5.74) is 7.17. The van der Waals surface area contributed by atoms with Crippen molar-refractivity contribution in [2.24, 2.45) is 10.7 Å². The first-order valence-electron chi connectivity index (χ1n) is 6.45. The van der Waals surface area contributed by atoms with Gasteiger partial charge in [-0.05, 0) is 24.8 Å². The van der Waals surface area contributed by atoms with Crippen LogP contribution in [0.5, 0.6) is 0 Å². The van der Waals surface area contributed by atoms with Gasteiger partial charge in [0, 0.05) is 12.6 Å². The summed E-state index contributed by atoms with van der Waals surface area (Å²) in [7, 11) is 0. The van der Waals surface area contributed by atoms with E-state index in [1.807, 2.05) is 6.07 Å². The molecule has 2 rings (SSSR count). The predicted octanol–water partition coefficient (Wildman–Crippen LogP) is 2.08. The van der Waals surface area contributed by atoms with Gasteiger partial charge in [0.15, 0.2) is 5.96 Å². The lowest BCUT2D eigenvalue weighted by molar-refractivity contribution is 0.625. The zero-order valence-electron chi connectivity index (χ0n) is 10.2. The van der Waals surface area contributed by atoms with Gasteiger partial charge in [-0.3, -0.25) is 4.99 Å². The fraction of sp³-hybridized carbons (Fsp3) is 0.500. The Bertz CT molecular complexity index is 353. The second-order valence-electron chi connectivity index (χ2n) is 4.63. The van der Waals surface area contributed by atoms with Gasteiger partial charge in [0.25, 0.3) is 0 Å². The van der Waals surface area contributed by atoms with Crippen molar-refractivity contribution < 1.29 is 0 Å². The highest BCUT2D eigenvalue weighted by molar-refractivity contribution is 5.78. The average molecular weight is 231 g/mol. The van der Waals surface area contributed by atoms with E-state index in [4.69, 9.17) is 5.73 Å². The molecule has 0 spiro atoms. The maximum atomic E-state index is 5.86. The van der Waals surface area contributed by atoms with Crippen molar-refractivity contribution in [2.75, 3.05) is 6.54 Å². The summed E-state index contributed by atoms with van der Waals surface area (Å²) in [6.07, 6.45) is 6.04. The van der Waals surface area contributed by atoms with Gasteiger partial charge in [-0.1, -0.05) is 43.2 Å². The normalized spacial score (nSPS) is 17.3. The first-order valence-corrected chi connectivity index (χ1v) is 6.45. The third-order valence-corrected chi connectivity index (χ3v) is 3.23. The van der Waals surface area contributed by atoms with Crippen LogP contribution in [0.15, 0.2) is 35.3 Å². The second kappa shape index (κ2) is 6.28. The van der Waals surface area contributed by atoms with E-state index in [-0.39, 0.29) is 0 Å². The number of nitrogens with two attached hydrogens (primary N) is 1. The van der Waals surface area contributed by atoms with Crippen LogP contribution in [0.2, 0.25) is 0 Å². The Labute approximate surface area is 103 Å². The summed E-state index contributed by atoms with van der Waals surface area (Å²) in [5.74, 6) is 0.604. The molecule has 0 heterocycles. The molecule has 1 aliphatic carbocycles. The molecular formula is C14H21N3. The Balaban J connectivity index is 1.72. The van der Waals surface area contributed by atoms with Gasteiger partial charge in [0.05, 0.1) is 0 Å². The van der Waals surface area contributed by atoms with E-state index in [2.05, 4.69) is 34.6 Å². The first-order chi connectivity index (χ1) is 8.34. The Morgan fingerprint density at radius 3 is 2.65 bits per heavy atom. The fourth-order valence-corrected chi connectivity index (χ4v) is 2.28. The monoisotopic (exact) mass is 231 g/mol. The minimum absolute atomic E-state index is 0.551. The smallest absolute Gasteiger partial charge is 0.188 e. The van der Waals surface area contributed by atoms with Crippen LogP contribution in [0.3, 0.4) is 0 Å². The minimum Gasteiger partial charge on any atom is -0.370 e. The van der Waals surface area contributed by atoms with Crippen molar-refractivity contribution >= 4 is 5.96 Å². The highest BCUT2D eigenvalue weighted by atomic mass is 15.1. The molecule has 1 aromatic rings. The Morgan fingerprint density at radius 1 is 1.24 bits per heavy atom. The van der Waals surface area contributed by atoms with Crippen LogP contribution in [0.4, 0.5) is 0 Å². The number of hydrogen-bond donors (Lipinski definition) is 2. The summed E-state index contributed by atoms with van der Waals surface area (Å²) < 4.78 is 0. The van der Waals surface area contributed by atoms with Crippen molar-refractivity contribution in [1.29, 1.82) is 0 Å². The molecule has 0 aromatic heterocycles. The van der Waals surface area contributed by atoms with Gasteiger partial charge in [-0.25, -0.2) is 0 Å². The summed E-state index contributed by atoms with van der Waals surface area (Å²) in [6, 6.07) is 10.9. The molecule has 0 atom stereocenters. The number of nitrogens with one attached hydrogen (secondary N) is 1. The molecular weight excluding hydrogens is 210 g/mol. The number of benzene rings is 1. The number of hydrogen-bond acceptors (Lipinski definition) is 1. The van der Waals surface area contributed by atoms with Crippen molar-refractivity contribution in [2.45, 2.75) is 38.1 Å². The quantitative estimate of drug-likeness (QED) is 0.615. The van der Waals surface area contributed by atoms with Crippen LogP contribution in [0.25, 0.3) is 0 Å². The maximum Gasteiger partial charge on any atom is 0.188 e. The topological polar surface area (TPSA) is 50.4 Å². The lowest BCUT2D eigenvalue weighted by Gasteiger charge is -2.12. The molecule has 3 N–H and O–H groups in total. The van der Waals surface area contributed by atoms with E-state index in [9.17, 15) is 0 Å². The third kappa shape index (κ3) is 4.10. The standard InChI is InChI=1S/C14H21N3/c15-14(17-13-8-4-5-9-13)16-11-10-12-6-2-1-3-7-12/h1-3,6-7,13H,4-5,8-11H2,(H3,15,16,17). The van der Waals surface area contributed by atoms with Crippen molar-refractivity contribution in [3.63, 3.8) is 0 Å². The van der Waals surface area contributed by atoms with Gasteiger partial charge in [0.2, 0.25) is 0 Å². The molecule has 0 bridgehead atoms. The van der Waals surface area contributed by atoms with Crippen LogP contribution in [-0.4, -0.2) is 18.5 Å². The van der Waals surface area contributed by atoms with Crippen LogP contribution in [0.1, 0.15) is 31.2 Å². The van der Waals surface area contributed by atoms with Gasteiger partial charge >= 0.3 is 0 Å². The maximum absolute atomic E-state index is 5.86. The van der Waals surface area contributed by atoms with E-state index in [1.54, 1.807) is 0 Å². The van der Waals surface area contributed by atoms with E-state index in [1.165, 1.54) is 31.2 Å². The van der Waals surface area contributed by atoms with E-state index < -0.39 is 0 Å². The Kier molecular flexibility index (Phi) is 4.42. The Hall–Kier alpha value is -1.51. The Morgan fingerprint density at radius 2 is 1.94 bits per heavy atom. The number of aliphatic imine (C=N–C) groups is 1. The molecule has 3 heteroatoms. The SMILES string of the molecule is NC(=NCCc1ccccc1)NC1CCCC1. The van der Waals surface area contributed by atoms with Crippen molar-refractivity contribution in [3.05, 3.63) is 35.9 Å². The second-order valence-corrected chi connectivity index (χ2v) is 4.63. The average Bonchev–Trinajstić information content (AvgIpc) is 2.83. The number of guanidine groups is 1. The molecule has 1 fully saturated rings. The first kappa shape index (κ1) is 12.0. The summed E-state index contributed by atoms with van der Waals surface area (Å²) >= 11 is 0. The van der Waals surface area contributed by atoms with Crippen LogP contribution >= 0.6 is 0 Å². The molecule has 0 unspecified atom stereocenters. The molecule has 92 valence electrons. The molecule has 17 heavy (non-hydrogen) atoms. The van der Waals surface area contributed by atoms with Crippen LogP contribution in [-0.2, 0) is 6.42 Å². The minimum atomic E-state index is 0.551. The van der Waals surface area contributed by atoms with Gasteiger partial charge in [-0.15, -0.1) is 0 Å². The number of nitrogens with zero attached hydrogens (tertiary/aromatic N) is 1. The number of rotatable bonds is 4. The molecule has 3 nitrogen and oxygen atoms in total. The summed E-state index contributed by atoms with van der Waals surface area (Å²) in [6.45, 7) is 0.759.